The number of hydrogen-bond acceptors (Lipinski definition) is 4. The number of carbonyl (C=O) groups excluding carboxylic acids is 1. The van der Waals surface area contributed by atoms with Crippen LogP contribution in [0.3, 0.4) is 0 Å². The fourth-order valence-electron chi connectivity index (χ4n) is 3.70. The van der Waals surface area contributed by atoms with Crippen molar-refractivity contribution in [3.8, 4) is 23.0 Å². The van der Waals surface area contributed by atoms with E-state index >= 15 is 0 Å². The molecule has 0 saturated heterocycles. The lowest BCUT2D eigenvalue weighted by atomic mass is 9.98. The van der Waals surface area contributed by atoms with Crippen molar-refractivity contribution in [3.05, 3.63) is 89.5 Å². The van der Waals surface area contributed by atoms with Gasteiger partial charge in [-0.3, -0.25) is 4.55 Å². The first kappa shape index (κ1) is 20.7. The van der Waals surface area contributed by atoms with Gasteiger partial charge in [-0.2, -0.15) is 8.42 Å². The van der Waals surface area contributed by atoms with Crippen molar-refractivity contribution in [2.45, 2.75) is 10.8 Å². The number of alkyl carbamates (subject to hydrolysis) is 1. The molecule has 0 spiro atoms. The number of nitrogens with one attached hydrogen (secondary N) is 1. The van der Waals surface area contributed by atoms with Crippen LogP contribution in [-0.4, -0.2) is 32.2 Å². The van der Waals surface area contributed by atoms with E-state index in [0.717, 1.165) is 22.3 Å². The summed E-state index contributed by atoms with van der Waals surface area (Å²) >= 11 is 0. The van der Waals surface area contributed by atoms with Crippen LogP contribution in [0.4, 0.5) is 4.79 Å². The van der Waals surface area contributed by atoms with E-state index in [-0.39, 0.29) is 29.5 Å². The molecule has 1 aliphatic rings. The predicted molar refractivity (Wildman–Crippen MR) is 116 cm³/mol. The maximum absolute atomic E-state index is 12.1. The Labute approximate surface area is 180 Å². The van der Waals surface area contributed by atoms with E-state index < -0.39 is 16.2 Å². The molecule has 156 valence electrons. The maximum atomic E-state index is 12.1. The molecule has 31 heavy (non-hydrogen) atoms. The Morgan fingerprint density at radius 2 is 1.52 bits per heavy atom. The summed E-state index contributed by atoms with van der Waals surface area (Å²) in [7, 11) is -4.37. The smallest absolute Gasteiger partial charge is 0.407 e. The Morgan fingerprint density at radius 3 is 2.16 bits per heavy atom. The van der Waals surface area contributed by atoms with Gasteiger partial charge in [-0.1, -0.05) is 72.5 Å². The summed E-state index contributed by atoms with van der Waals surface area (Å²) in [5.41, 5.74) is 4.70. The zero-order valence-electron chi connectivity index (χ0n) is 16.4. The molecular weight excluding hydrogens is 414 g/mol. The zero-order chi connectivity index (χ0) is 21.8. The fourth-order valence-corrected chi connectivity index (χ4v) is 4.35. The lowest BCUT2D eigenvalue weighted by molar-refractivity contribution is 0.144. The highest BCUT2D eigenvalue weighted by molar-refractivity contribution is 7.85. The molecule has 7 heteroatoms. The molecular formula is C24H19NO5S. The van der Waals surface area contributed by atoms with Crippen LogP contribution in [0.1, 0.15) is 22.6 Å². The molecule has 0 heterocycles. The zero-order valence-corrected chi connectivity index (χ0v) is 17.2. The summed E-state index contributed by atoms with van der Waals surface area (Å²) in [5.74, 6) is 5.27. The predicted octanol–water partition coefficient (Wildman–Crippen LogP) is 3.82. The molecule has 2 N–H and O–H groups in total. The van der Waals surface area contributed by atoms with Crippen molar-refractivity contribution in [1.82, 2.24) is 5.32 Å². The van der Waals surface area contributed by atoms with E-state index in [1.165, 1.54) is 18.2 Å². The van der Waals surface area contributed by atoms with E-state index in [4.69, 9.17) is 4.74 Å². The van der Waals surface area contributed by atoms with Crippen LogP contribution in [0.25, 0.3) is 11.1 Å². The second-order valence-electron chi connectivity index (χ2n) is 6.95. The average Bonchev–Trinajstić information content (AvgIpc) is 3.09. The molecule has 6 nitrogen and oxygen atoms in total. The Balaban J connectivity index is 1.37. The van der Waals surface area contributed by atoms with Gasteiger partial charge in [0.1, 0.15) is 11.5 Å². The van der Waals surface area contributed by atoms with Gasteiger partial charge < -0.3 is 10.1 Å². The highest BCUT2D eigenvalue weighted by atomic mass is 32.2. The quantitative estimate of drug-likeness (QED) is 0.482. The van der Waals surface area contributed by atoms with Crippen molar-refractivity contribution >= 4 is 16.2 Å². The Bertz CT molecular complexity index is 1260. The summed E-state index contributed by atoms with van der Waals surface area (Å²) in [6, 6.07) is 22.0. The van der Waals surface area contributed by atoms with E-state index in [2.05, 4.69) is 29.3 Å². The van der Waals surface area contributed by atoms with Gasteiger partial charge in [0.05, 0.1) is 6.54 Å². The van der Waals surface area contributed by atoms with Gasteiger partial charge >= 0.3 is 6.09 Å². The third-order valence-electron chi connectivity index (χ3n) is 5.05. The van der Waals surface area contributed by atoms with Gasteiger partial charge in [0, 0.05) is 11.5 Å². The molecule has 0 atom stereocenters. The van der Waals surface area contributed by atoms with Gasteiger partial charge in [-0.05, 0) is 34.4 Å². The third-order valence-corrected chi connectivity index (χ3v) is 5.96. The van der Waals surface area contributed by atoms with E-state index in [9.17, 15) is 17.8 Å². The second-order valence-corrected chi connectivity index (χ2v) is 8.34. The molecule has 0 radical (unpaired) electrons. The molecule has 4 rings (SSSR count). The minimum absolute atomic E-state index is 0.0313. The lowest BCUT2D eigenvalue weighted by Gasteiger charge is -2.14. The van der Waals surface area contributed by atoms with Crippen LogP contribution < -0.4 is 5.32 Å². The Kier molecular flexibility index (Phi) is 5.76. The molecule has 1 amide bonds. The number of ether oxygens (including phenoxy) is 1. The number of benzene rings is 3. The molecule has 3 aromatic carbocycles. The van der Waals surface area contributed by atoms with Crippen LogP contribution in [0, 0.1) is 11.8 Å². The van der Waals surface area contributed by atoms with Crippen LogP contribution in [0.15, 0.2) is 77.7 Å². The summed E-state index contributed by atoms with van der Waals surface area (Å²) in [5, 5.41) is 2.54. The van der Waals surface area contributed by atoms with Crippen LogP contribution in [-0.2, 0) is 14.9 Å². The topological polar surface area (TPSA) is 92.7 Å². The molecule has 0 aromatic heterocycles. The van der Waals surface area contributed by atoms with Crippen LogP contribution in [0.5, 0.6) is 0 Å². The third kappa shape index (κ3) is 4.45. The summed E-state index contributed by atoms with van der Waals surface area (Å²) in [6.07, 6.45) is -0.612. The molecule has 0 bridgehead atoms. The van der Waals surface area contributed by atoms with E-state index in [1.807, 2.05) is 36.4 Å². The Morgan fingerprint density at radius 1 is 0.935 bits per heavy atom. The van der Waals surface area contributed by atoms with Gasteiger partial charge in [0.25, 0.3) is 10.1 Å². The second kappa shape index (κ2) is 8.64. The highest BCUT2D eigenvalue weighted by Gasteiger charge is 2.28. The van der Waals surface area contributed by atoms with Crippen molar-refractivity contribution in [3.63, 3.8) is 0 Å². The number of rotatable bonds is 4. The van der Waals surface area contributed by atoms with Crippen molar-refractivity contribution < 1.29 is 22.5 Å². The highest BCUT2D eigenvalue weighted by Crippen LogP contribution is 2.44. The SMILES string of the molecule is O=C(NCC#Cc1ccccc1S(=O)(=O)O)OCC1c2ccccc2-c2ccccc21. The van der Waals surface area contributed by atoms with Crippen molar-refractivity contribution in [2.75, 3.05) is 13.2 Å². The minimum atomic E-state index is -4.37. The molecule has 1 aliphatic carbocycles. The number of carbonyl (C=O) groups is 1. The minimum Gasteiger partial charge on any atom is -0.449 e. The van der Waals surface area contributed by atoms with E-state index in [1.54, 1.807) is 6.07 Å². The monoisotopic (exact) mass is 433 g/mol. The summed E-state index contributed by atoms with van der Waals surface area (Å²) in [4.78, 5) is 11.8. The van der Waals surface area contributed by atoms with Crippen LogP contribution >= 0.6 is 0 Å². The molecule has 0 saturated carbocycles. The molecule has 0 aliphatic heterocycles. The maximum Gasteiger partial charge on any atom is 0.407 e. The fraction of sp³-hybridized carbons (Fsp3) is 0.125. The molecule has 0 unspecified atom stereocenters. The first-order chi connectivity index (χ1) is 14.9. The first-order valence-electron chi connectivity index (χ1n) is 9.59. The first-order valence-corrected chi connectivity index (χ1v) is 11.0. The van der Waals surface area contributed by atoms with Crippen molar-refractivity contribution in [1.29, 1.82) is 0 Å². The van der Waals surface area contributed by atoms with Gasteiger partial charge in [-0.25, -0.2) is 4.79 Å². The van der Waals surface area contributed by atoms with Gasteiger partial charge in [0.2, 0.25) is 0 Å². The lowest BCUT2D eigenvalue weighted by Crippen LogP contribution is -2.26. The summed E-state index contributed by atoms with van der Waals surface area (Å²) in [6.45, 7) is 0.162. The number of amides is 1. The molecule has 3 aromatic rings. The van der Waals surface area contributed by atoms with Gasteiger partial charge in [0.15, 0.2) is 0 Å². The standard InChI is InChI=1S/C24H19NO5S/c26-24(25-15-7-9-17-8-1-6-14-23(17)31(27,28)29)30-16-22-20-12-4-2-10-18(20)19-11-3-5-13-21(19)22/h1-6,8,10-14,22H,15-16H2,(H,25,26)(H,27,28,29). The molecule has 0 fully saturated rings. The normalized spacial score (nSPS) is 12.3. The average molecular weight is 433 g/mol. The largest absolute Gasteiger partial charge is 0.449 e. The Hall–Kier alpha value is -3.60. The number of hydrogen-bond donors (Lipinski definition) is 2. The van der Waals surface area contributed by atoms with Gasteiger partial charge in [-0.15, -0.1) is 0 Å². The van der Waals surface area contributed by atoms with Crippen molar-refractivity contribution in [2.24, 2.45) is 0 Å². The van der Waals surface area contributed by atoms with E-state index in [0.29, 0.717) is 0 Å². The number of fused-ring (bicyclic) bond motifs is 3. The summed E-state index contributed by atoms with van der Waals surface area (Å²) < 4.78 is 37.4. The van der Waals surface area contributed by atoms with Crippen LogP contribution in [0.2, 0.25) is 0 Å².